The molecule has 0 saturated carbocycles. The monoisotopic (exact) mass is 329 g/mol. The number of aromatic nitrogens is 1. The van der Waals surface area contributed by atoms with Gasteiger partial charge in [-0.25, -0.2) is 8.78 Å². The van der Waals surface area contributed by atoms with Gasteiger partial charge in [0.15, 0.2) is 17.4 Å². The van der Waals surface area contributed by atoms with Gasteiger partial charge in [0.2, 0.25) is 0 Å². The lowest BCUT2D eigenvalue weighted by atomic mass is 10.1. The third-order valence-electron chi connectivity index (χ3n) is 3.00. The van der Waals surface area contributed by atoms with Gasteiger partial charge in [-0.3, -0.25) is 4.98 Å². The standard InChI is InChI=1S/C16H12F5NO/c1-23-15-12(17)7-11(8-13(15)18)4-2-3-10-5-6-14(22-9-10)16(19,20)21/h2,4-9H,3H2,1H3/b4-2+. The van der Waals surface area contributed by atoms with Gasteiger partial charge in [0.25, 0.3) is 0 Å². The minimum Gasteiger partial charge on any atom is -0.491 e. The molecular weight excluding hydrogens is 317 g/mol. The van der Waals surface area contributed by atoms with E-state index in [-0.39, 0.29) is 12.0 Å². The Labute approximate surface area is 129 Å². The molecular formula is C16H12F5NO. The predicted molar refractivity (Wildman–Crippen MR) is 74.9 cm³/mol. The van der Waals surface area contributed by atoms with Crippen molar-refractivity contribution in [3.63, 3.8) is 0 Å². The van der Waals surface area contributed by atoms with Crippen LogP contribution in [-0.4, -0.2) is 12.1 Å². The van der Waals surface area contributed by atoms with E-state index < -0.39 is 29.3 Å². The van der Waals surface area contributed by atoms with Crippen LogP contribution in [0.2, 0.25) is 0 Å². The number of ether oxygens (including phenoxy) is 1. The summed E-state index contributed by atoms with van der Waals surface area (Å²) < 4.78 is 68.7. The minimum absolute atomic E-state index is 0.278. The van der Waals surface area contributed by atoms with Crippen molar-refractivity contribution in [2.75, 3.05) is 7.11 Å². The summed E-state index contributed by atoms with van der Waals surface area (Å²) in [5, 5.41) is 0. The zero-order valence-corrected chi connectivity index (χ0v) is 12.0. The van der Waals surface area contributed by atoms with Crippen LogP contribution < -0.4 is 4.74 Å². The van der Waals surface area contributed by atoms with E-state index in [0.29, 0.717) is 5.56 Å². The van der Waals surface area contributed by atoms with Gasteiger partial charge in [-0.2, -0.15) is 13.2 Å². The van der Waals surface area contributed by atoms with Crippen molar-refractivity contribution in [2.45, 2.75) is 12.6 Å². The maximum atomic E-state index is 13.5. The van der Waals surface area contributed by atoms with Crippen molar-refractivity contribution in [2.24, 2.45) is 0 Å². The van der Waals surface area contributed by atoms with Gasteiger partial charge in [-0.15, -0.1) is 0 Å². The van der Waals surface area contributed by atoms with Gasteiger partial charge < -0.3 is 4.74 Å². The Morgan fingerprint density at radius 3 is 2.26 bits per heavy atom. The SMILES string of the molecule is COc1c(F)cc(/C=C/Cc2ccc(C(F)(F)F)nc2)cc1F. The van der Waals surface area contributed by atoms with E-state index in [1.54, 1.807) is 6.08 Å². The lowest BCUT2D eigenvalue weighted by molar-refractivity contribution is -0.141. The van der Waals surface area contributed by atoms with Crippen LogP contribution in [0.5, 0.6) is 5.75 Å². The molecule has 0 spiro atoms. The number of methoxy groups -OCH3 is 1. The molecule has 0 saturated heterocycles. The van der Waals surface area contributed by atoms with E-state index in [1.165, 1.54) is 12.1 Å². The molecule has 122 valence electrons. The summed E-state index contributed by atoms with van der Waals surface area (Å²) >= 11 is 0. The topological polar surface area (TPSA) is 22.1 Å². The van der Waals surface area contributed by atoms with Gasteiger partial charge in [0.1, 0.15) is 5.69 Å². The number of rotatable bonds is 4. The van der Waals surface area contributed by atoms with Gasteiger partial charge in [0, 0.05) is 6.20 Å². The number of alkyl halides is 3. The largest absolute Gasteiger partial charge is 0.491 e. The number of allylic oxidation sites excluding steroid dienone is 1. The van der Waals surface area contributed by atoms with Crippen LogP contribution in [0.4, 0.5) is 22.0 Å². The normalized spacial score (nSPS) is 11.9. The van der Waals surface area contributed by atoms with E-state index in [4.69, 9.17) is 0 Å². The molecule has 0 aliphatic heterocycles. The van der Waals surface area contributed by atoms with E-state index >= 15 is 0 Å². The number of hydrogen-bond donors (Lipinski definition) is 0. The van der Waals surface area contributed by atoms with E-state index in [9.17, 15) is 22.0 Å². The number of halogens is 5. The molecule has 1 heterocycles. The molecule has 0 unspecified atom stereocenters. The minimum atomic E-state index is -4.48. The van der Waals surface area contributed by atoms with Gasteiger partial charge in [0.05, 0.1) is 7.11 Å². The van der Waals surface area contributed by atoms with Gasteiger partial charge in [-0.1, -0.05) is 18.2 Å². The zero-order chi connectivity index (χ0) is 17.0. The van der Waals surface area contributed by atoms with E-state index in [2.05, 4.69) is 9.72 Å². The summed E-state index contributed by atoms with van der Waals surface area (Å²) in [6.45, 7) is 0. The molecule has 0 radical (unpaired) electrons. The van der Waals surface area contributed by atoms with Crippen molar-refractivity contribution in [3.8, 4) is 5.75 Å². The zero-order valence-electron chi connectivity index (χ0n) is 12.0. The quantitative estimate of drug-likeness (QED) is 0.762. The first-order valence-electron chi connectivity index (χ1n) is 6.53. The molecule has 0 atom stereocenters. The average Bonchev–Trinajstić information content (AvgIpc) is 2.46. The Morgan fingerprint density at radius 2 is 1.78 bits per heavy atom. The summed E-state index contributed by atoms with van der Waals surface area (Å²) in [4.78, 5) is 3.33. The highest BCUT2D eigenvalue weighted by Gasteiger charge is 2.31. The number of hydrogen-bond acceptors (Lipinski definition) is 2. The second-order valence-corrected chi connectivity index (χ2v) is 4.67. The fraction of sp³-hybridized carbons (Fsp3) is 0.188. The molecule has 0 fully saturated rings. The van der Waals surface area contributed by atoms with Crippen LogP contribution in [0.1, 0.15) is 16.8 Å². The molecule has 23 heavy (non-hydrogen) atoms. The van der Waals surface area contributed by atoms with E-state index in [0.717, 1.165) is 31.5 Å². The van der Waals surface area contributed by atoms with Crippen LogP contribution in [0.3, 0.4) is 0 Å². The van der Waals surface area contributed by atoms with Crippen LogP contribution in [-0.2, 0) is 12.6 Å². The maximum Gasteiger partial charge on any atom is 0.433 e. The lowest BCUT2D eigenvalue weighted by Gasteiger charge is -2.05. The van der Waals surface area contributed by atoms with Crippen molar-refractivity contribution in [3.05, 3.63) is 65.0 Å². The molecule has 1 aromatic carbocycles. The predicted octanol–water partition coefficient (Wildman–Crippen LogP) is 4.64. The molecule has 7 heteroatoms. The Bertz CT molecular complexity index is 684. The second-order valence-electron chi connectivity index (χ2n) is 4.67. The summed E-state index contributed by atoms with van der Waals surface area (Å²) in [5.41, 5.74) is -0.145. The Morgan fingerprint density at radius 1 is 1.13 bits per heavy atom. The van der Waals surface area contributed by atoms with Gasteiger partial charge in [-0.05, 0) is 35.7 Å². The summed E-state index contributed by atoms with van der Waals surface area (Å²) in [5.74, 6) is -2.12. The first-order chi connectivity index (χ1) is 10.8. The number of nitrogens with zero attached hydrogens (tertiary/aromatic N) is 1. The summed E-state index contributed by atoms with van der Waals surface area (Å²) in [7, 11) is 1.16. The van der Waals surface area contributed by atoms with Crippen LogP contribution in [0, 0.1) is 11.6 Å². The molecule has 0 amide bonds. The Kier molecular flexibility index (Phi) is 4.98. The second kappa shape index (κ2) is 6.76. The van der Waals surface area contributed by atoms with Gasteiger partial charge >= 0.3 is 6.18 Å². The molecule has 0 N–H and O–H groups in total. The molecule has 0 aliphatic carbocycles. The average molecular weight is 329 g/mol. The highest BCUT2D eigenvalue weighted by Crippen LogP contribution is 2.27. The smallest absolute Gasteiger partial charge is 0.433 e. The Balaban J connectivity index is 2.07. The third kappa shape index (κ3) is 4.28. The fourth-order valence-corrected chi connectivity index (χ4v) is 1.91. The molecule has 1 aromatic heterocycles. The summed E-state index contributed by atoms with van der Waals surface area (Å²) in [6, 6.07) is 4.39. The fourth-order valence-electron chi connectivity index (χ4n) is 1.91. The Hall–Kier alpha value is -2.44. The third-order valence-corrected chi connectivity index (χ3v) is 3.00. The number of pyridine rings is 1. The number of benzene rings is 1. The van der Waals surface area contributed by atoms with Crippen molar-refractivity contribution < 1.29 is 26.7 Å². The molecule has 0 aliphatic rings. The van der Waals surface area contributed by atoms with Crippen LogP contribution >= 0.6 is 0 Å². The van der Waals surface area contributed by atoms with Crippen molar-refractivity contribution in [1.29, 1.82) is 0 Å². The van der Waals surface area contributed by atoms with Crippen LogP contribution in [0.25, 0.3) is 6.08 Å². The first kappa shape index (κ1) is 16.9. The highest BCUT2D eigenvalue weighted by molar-refractivity contribution is 5.52. The maximum absolute atomic E-state index is 13.5. The van der Waals surface area contributed by atoms with Crippen molar-refractivity contribution >= 4 is 6.08 Å². The first-order valence-corrected chi connectivity index (χ1v) is 6.53. The highest BCUT2D eigenvalue weighted by atomic mass is 19.4. The molecule has 2 nitrogen and oxygen atoms in total. The molecule has 2 aromatic rings. The molecule has 2 rings (SSSR count). The molecule has 0 bridgehead atoms. The van der Waals surface area contributed by atoms with Crippen molar-refractivity contribution in [1.82, 2.24) is 4.98 Å². The summed E-state index contributed by atoms with van der Waals surface area (Å²) in [6.07, 6.45) is -0.0521. The lowest BCUT2D eigenvalue weighted by Crippen LogP contribution is -2.07. The van der Waals surface area contributed by atoms with Crippen LogP contribution in [0.15, 0.2) is 36.5 Å². The van der Waals surface area contributed by atoms with E-state index in [1.807, 2.05) is 0 Å².